The molecule has 4 rings (SSSR count). The molecule has 0 atom stereocenters. The van der Waals surface area contributed by atoms with Crippen LogP contribution in [0.3, 0.4) is 0 Å². The van der Waals surface area contributed by atoms with Crippen molar-refractivity contribution in [3.8, 4) is 0 Å². The molecule has 1 aliphatic rings. The Bertz CT molecular complexity index is 992. The third-order valence-corrected chi connectivity index (χ3v) is 5.13. The van der Waals surface area contributed by atoms with Crippen molar-refractivity contribution in [2.45, 2.75) is 13.0 Å². The van der Waals surface area contributed by atoms with Gasteiger partial charge in [-0.25, -0.2) is 4.79 Å². The van der Waals surface area contributed by atoms with Crippen LogP contribution in [0.2, 0.25) is 0 Å². The number of nitrogens with one attached hydrogen (secondary N) is 1. The fourth-order valence-corrected chi connectivity index (χ4v) is 3.56. The Morgan fingerprint density at radius 3 is 2.52 bits per heavy atom. The number of aromatic carboxylic acids is 1. The molecule has 0 radical (unpaired) electrons. The Balaban J connectivity index is 1.68. The molecule has 0 aliphatic carbocycles. The van der Waals surface area contributed by atoms with E-state index in [1.807, 2.05) is 17.0 Å². The van der Waals surface area contributed by atoms with Gasteiger partial charge in [-0.15, -0.1) is 0 Å². The topological polar surface area (TPSA) is 73.4 Å². The second kappa shape index (κ2) is 6.04. The van der Waals surface area contributed by atoms with Crippen molar-refractivity contribution >= 4 is 38.7 Å². The second-order valence-electron chi connectivity index (χ2n) is 6.13. The first-order chi connectivity index (χ1) is 12.0. The van der Waals surface area contributed by atoms with Crippen molar-refractivity contribution in [3.63, 3.8) is 0 Å². The van der Waals surface area contributed by atoms with E-state index in [1.165, 1.54) is 0 Å². The number of carbonyl (C=O) groups excluding carboxylic acids is 1. The fraction of sp³-hybridized carbons (Fsp3) is 0.158. The molecule has 0 saturated heterocycles. The Morgan fingerprint density at radius 2 is 1.80 bits per heavy atom. The molecule has 0 unspecified atom stereocenters. The van der Waals surface area contributed by atoms with E-state index >= 15 is 0 Å². The summed E-state index contributed by atoms with van der Waals surface area (Å²) in [5.74, 6) is -0.961. The van der Waals surface area contributed by atoms with E-state index in [0.717, 1.165) is 33.1 Å². The van der Waals surface area contributed by atoms with Crippen molar-refractivity contribution in [3.05, 3.63) is 69.3 Å². The van der Waals surface area contributed by atoms with Crippen LogP contribution in [0.5, 0.6) is 0 Å². The molecule has 6 heteroatoms. The van der Waals surface area contributed by atoms with Gasteiger partial charge in [-0.2, -0.15) is 0 Å². The van der Waals surface area contributed by atoms with Crippen LogP contribution in [-0.4, -0.2) is 33.4 Å². The molecular weight excluding hydrogens is 384 g/mol. The molecule has 2 heterocycles. The first-order valence-electron chi connectivity index (χ1n) is 7.94. The fourth-order valence-electron chi connectivity index (χ4n) is 3.30. The quantitative estimate of drug-likeness (QED) is 0.688. The van der Waals surface area contributed by atoms with Crippen LogP contribution in [0.25, 0.3) is 10.9 Å². The summed E-state index contributed by atoms with van der Waals surface area (Å²) < 4.78 is 0.933. The van der Waals surface area contributed by atoms with E-state index in [0.29, 0.717) is 18.7 Å². The number of amides is 1. The SMILES string of the molecule is O=C(O)c1ccc2[nH]c3c(c2c1)CN(C(=O)c1ccc(Br)cc1)CC3. The Morgan fingerprint density at radius 1 is 1.08 bits per heavy atom. The van der Waals surface area contributed by atoms with E-state index < -0.39 is 5.97 Å². The minimum atomic E-state index is -0.949. The predicted molar refractivity (Wildman–Crippen MR) is 97.8 cm³/mol. The normalized spacial score (nSPS) is 13.7. The molecule has 2 aromatic carbocycles. The molecule has 126 valence electrons. The molecule has 25 heavy (non-hydrogen) atoms. The number of H-pyrrole nitrogens is 1. The standard InChI is InChI=1S/C19H15BrN2O3/c20-13-4-1-11(2-5-13)18(23)22-8-7-17-15(10-22)14-9-12(19(24)25)3-6-16(14)21-17/h1-6,9,21H,7-8,10H2,(H,24,25). The van der Waals surface area contributed by atoms with Gasteiger partial charge in [0.1, 0.15) is 0 Å². The maximum Gasteiger partial charge on any atom is 0.335 e. The number of halogens is 1. The number of hydrogen-bond donors (Lipinski definition) is 2. The van der Waals surface area contributed by atoms with Crippen molar-refractivity contribution in [2.75, 3.05) is 6.54 Å². The lowest BCUT2D eigenvalue weighted by Crippen LogP contribution is -2.35. The van der Waals surface area contributed by atoms with Gasteiger partial charge in [-0.05, 0) is 42.5 Å². The molecule has 0 saturated carbocycles. The molecular formula is C19H15BrN2O3. The zero-order chi connectivity index (χ0) is 17.6. The Hall–Kier alpha value is -2.60. The molecule has 2 N–H and O–H groups in total. The van der Waals surface area contributed by atoms with Gasteiger partial charge in [-0.3, -0.25) is 4.79 Å². The van der Waals surface area contributed by atoms with Crippen molar-refractivity contribution in [1.82, 2.24) is 9.88 Å². The Labute approximate surface area is 152 Å². The van der Waals surface area contributed by atoms with Crippen molar-refractivity contribution in [2.24, 2.45) is 0 Å². The number of rotatable bonds is 2. The lowest BCUT2D eigenvalue weighted by atomic mass is 10.0. The zero-order valence-corrected chi connectivity index (χ0v) is 14.8. The second-order valence-corrected chi connectivity index (χ2v) is 7.05. The van der Waals surface area contributed by atoms with E-state index in [1.54, 1.807) is 30.3 Å². The molecule has 0 bridgehead atoms. The lowest BCUT2D eigenvalue weighted by molar-refractivity contribution is 0.0694. The first-order valence-corrected chi connectivity index (χ1v) is 8.74. The highest BCUT2D eigenvalue weighted by Gasteiger charge is 2.25. The first kappa shape index (κ1) is 15.9. The molecule has 1 amide bonds. The van der Waals surface area contributed by atoms with Gasteiger partial charge in [0, 0.05) is 51.7 Å². The van der Waals surface area contributed by atoms with Gasteiger partial charge < -0.3 is 15.0 Å². The maximum absolute atomic E-state index is 12.8. The number of aromatic nitrogens is 1. The highest BCUT2D eigenvalue weighted by molar-refractivity contribution is 9.10. The van der Waals surface area contributed by atoms with Crippen LogP contribution in [0, 0.1) is 0 Å². The van der Waals surface area contributed by atoms with Crippen LogP contribution in [0.15, 0.2) is 46.9 Å². The van der Waals surface area contributed by atoms with Gasteiger partial charge in [0.05, 0.1) is 5.56 Å². The smallest absolute Gasteiger partial charge is 0.335 e. The highest BCUT2D eigenvalue weighted by atomic mass is 79.9. The Kier molecular flexibility index (Phi) is 3.84. The molecule has 3 aromatic rings. The summed E-state index contributed by atoms with van der Waals surface area (Å²) in [6, 6.07) is 12.4. The minimum absolute atomic E-state index is 0.0121. The largest absolute Gasteiger partial charge is 0.478 e. The number of carboxylic acid groups (broad SMARTS) is 1. The number of carboxylic acids is 1. The number of nitrogens with zero attached hydrogens (tertiary/aromatic N) is 1. The van der Waals surface area contributed by atoms with Crippen LogP contribution in [0.4, 0.5) is 0 Å². The maximum atomic E-state index is 12.8. The van der Waals surface area contributed by atoms with Gasteiger partial charge in [0.25, 0.3) is 5.91 Å². The summed E-state index contributed by atoms with van der Waals surface area (Å²) >= 11 is 3.38. The third-order valence-electron chi connectivity index (χ3n) is 4.60. The van der Waals surface area contributed by atoms with E-state index in [4.69, 9.17) is 0 Å². The van der Waals surface area contributed by atoms with E-state index in [2.05, 4.69) is 20.9 Å². The molecule has 1 aliphatic heterocycles. The molecule has 1 aromatic heterocycles. The predicted octanol–water partition coefficient (Wildman–Crippen LogP) is 3.83. The number of carbonyl (C=O) groups is 2. The zero-order valence-electron chi connectivity index (χ0n) is 13.3. The number of hydrogen-bond acceptors (Lipinski definition) is 2. The monoisotopic (exact) mass is 398 g/mol. The average molecular weight is 399 g/mol. The number of aromatic amines is 1. The van der Waals surface area contributed by atoms with Crippen LogP contribution in [-0.2, 0) is 13.0 Å². The van der Waals surface area contributed by atoms with Gasteiger partial charge in [0.15, 0.2) is 0 Å². The van der Waals surface area contributed by atoms with Gasteiger partial charge in [0.2, 0.25) is 0 Å². The average Bonchev–Trinajstić information content (AvgIpc) is 2.98. The molecule has 0 spiro atoms. The molecule has 5 nitrogen and oxygen atoms in total. The summed E-state index contributed by atoms with van der Waals surface area (Å²) in [5, 5.41) is 10.1. The van der Waals surface area contributed by atoms with E-state index in [9.17, 15) is 14.7 Å². The molecule has 0 fully saturated rings. The van der Waals surface area contributed by atoms with Crippen molar-refractivity contribution in [1.29, 1.82) is 0 Å². The van der Waals surface area contributed by atoms with Crippen LogP contribution in [0.1, 0.15) is 32.0 Å². The minimum Gasteiger partial charge on any atom is -0.478 e. The summed E-state index contributed by atoms with van der Waals surface area (Å²) in [7, 11) is 0. The summed E-state index contributed by atoms with van der Waals surface area (Å²) in [5.41, 5.74) is 3.91. The van der Waals surface area contributed by atoms with Gasteiger partial charge >= 0.3 is 5.97 Å². The summed E-state index contributed by atoms with van der Waals surface area (Å²) in [6.45, 7) is 1.12. The third kappa shape index (κ3) is 2.82. The summed E-state index contributed by atoms with van der Waals surface area (Å²) in [4.78, 5) is 29.2. The van der Waals surface area contributed by atoms with Crippen LogP contribution >= 0.6 is 15.9 Å². The number of fused-ring (bicyclic) bond motifs is 3. The highest BCUT2D eigenvalue weighted by Crippen LogP contribution is 2.29. The van der Waals surface area contributed by atoms with Gasteiger partial charge in [-0.1, -0.05) is 15.9 Å². The summed E-state index contributed by atoms with van der Waals surface area (Å²) in [6.07, 6.45) is 0.731. The van der Waals surface area contributed by atoms with Crippen LogP contribution < -0.4 is 0 Å². The van der Waals surface area contributed by atoms with Crippen molar-refractivity contribution < 1.29 is 14.7 Å². The lowest BCUT2D eigenvalue weighted by Gasteiger charge is -2.27. The number of benzene rings is 2. The van der Waals surface area contributed by atoms with E-state index in [-0.39, 0.29) is 11.5 Å².